The fourth-order valence-corrected chi connectivity index (χ4v) is 2.04. The first-order valence-electron chi connectivity index (χ1n) is 6.68. The van der Waals surface area contributed by atoms with Crippen molar-refractivity contribution in [1.82, 2.24) is 4.90 Å². The van der Waals surface area contributed by atoms with Crippen molar-refractivity contribution in [2.45, 2.75) is 13.5 Å². The van der Waals surface area contributed by atoms with E-state index in [0.717, 1.165) is 11.1 Å². The summed E-state index contributed by atoms with van der Waals surface area (Å²) in [6.45, 7) is 2.34. The minimum atomic E-state index is -0.188. The molecule has 4 nitrogen and oxygen atoms in total. The molecule has 2 aromatic rings. The Morgan fingerprint density at radius 1 is 1.24 bits per heavy atom. The van der Waals surface area contributed by atoms with Gasteiger partial charge in [-0.15, -0.1) is 0 Å². The van der Waals surface area contributed by atoms with Crippen LogP contribution in [-0.4, -0.2) is 17.4 Å². The third kappa shape index (κ3) is 3.61. The van der Waals surface area contributed by atoms with E-state index in [9.17, 15) is 4.79 Å². The molecule has 106 valence electrons. The minimum absolute atomic E-state index is 0.0432. The van der Waals surface area contributed by atoms with Crippen LogP contribution in [0.15, 0.2) is 48.5 Å². The topological polar surface area (TPSA) is 70.1 Å². The molecule has 0 radical (unpaired) electrons. The highest BCUT2D eigenvalue weighted by molar-refractivity contribution is 5.95. The summed E-state index contributed by atoms with van der Waals surface area (Å²) < 4.78 is 0. The predicted octanol–water partition coefficient (Wildman–Crippen LogP) is 2.74. The molecular formula is C17H17N3O. The van der Waals surface area contributed by atoms with Gasteiger partial charge in [0.2, 0.25) is 0 Å². The molecule has 1 amide bonds. The number of nitrogens with zero attached hydrogens (tertiary/aromatic N) is 2. The molecule has 2 rings (SSSR count). The third-order valence-corrected chi connectivity index (χ3v) is 3.29. The Labute approximate surface area is 124 Å². The number of hydrogen-bond donors (Lipinski definition) is 1. The Balaban J connectivity index is 2.23. The van der Waals surface area contributed by atoms with Crippen LogP contribution in [0.2, 0.25) is 0 Å². The second-order valence-corrected chi connectivity index (χ2v) is 4.88. The summed E-state index contributed by atoms with van der Waals surface area (Å²) in [5, 5.41) is 8.94. The van der Waals surface area contributed by atoms with Gasteiger partial charge in [0.15, 0.2) is 0 Å². The zero-order chi connectivity index (χ0) is 15.2. The quantitative estimate of drug-likeness (QED) is 0.691. The first-order chi connectivity index (χ1) is 10.1. The number of hydrogen-bond acceptors (Lipinski definition) is 3. The summed E-state index contributed by atoms with van der Waals surface area (Å²) in [6.07, 6.45) is 0. The molecule has 0 bridgehead atoms. The first-order valence-corrected chi connectivity index (χ1v) is 6.68. The zero-order valence-corrected chi connectivity index (χ0v) is 11.9. The number of nitrogens with two attached hydrogens (primary N) is 1. The molecule has 2 N–H and O–H groups in total. The Morgan fingerprint density at radius 3 is 2.57 bits per heavy atom. The number of amides is 1. The molecule has 0 fully saturated rings. The summed E-state index contributed by atoms with van der Waals surface area (Å²) in [5.41, 5.74) is 8.85. The van der Waals surface area contributed by atoms with E-state index < -0.39 is 0 Å². The van der Waals surface area contributed by atoms with Gasteiger partial charge in [0.05, 0.1) is 6.07 Å². The molecule has 21 heavy (non-hydrogen) atoms. The van der Waals surface area contributed by atoms with E-state index in [4.69, 9.17) is 11.0 Å². The first kappa shape index (κ1) is 14.6. The van der Waals surface area contributed by atoms with E-state index in [1.54, 1.807) is 12.1 Å². The standard InChI is InChI=1S/C17H17N3O/c1-13-7-8-15(11-16(13)19)17(21)20(10-9-18)12-14-5-3-2-4-6-14/h2-8,11H,10,12,19H2,1H3. The lowest BCUT2D eigenvalue weighted by Crippen LogP contribution is -2.31. The summed E-state index contributed by atoms with van der Waals surface area (Å²) in [6, 6.07) is 16.9. The van der Waals surface area contributed by atoms with Gasteiger partial charge in [0.25, 0.3) is 5.91 Å². The lowest BCUT2D eigenvalue weighted by molar-refractivity contribution is 0.0765. The lowest BCUT2D eigenvalue weighted by atomic mass is 10.1. The SMILES string of the molecule is Cc1ccc(C(=O)N(CC#N)Cc2ccccc2)cc1N. The zero-order valence-electron chi connectivity index (χ0n) is 11.9. The number of anilines is 1. The molecule has 0 saturated carbocycles. The van der Waals surface area contributed by atoms with Crippen molar-refractivity contribution in [3.05, 3.63) is 65.2 Å². The monoisotopic (exact) mass is 279 g/mol. The second-order valence-electron chi connectivity index (χ2n) is 4.88. The minimum Gasteiger partial charge on any atom is -0.398 e. The van der Waals surface area contributed by atoms with Crippen LogP contribution in [0, 0.1) is 18.3 Å². The molecule has 0 atom stereocenters. The van der Waals surface area contributed by atoms with E-state index in [0.29, 0.717) is 17.8 Å². The lowest BCUT2D eigenvalue weighted by Gasteiger charge is -2.20. The maximum Gasteiger partial charge on any atom is 0.255 e. The molecule has 2 aromatic carbocycles. The van der Waals surface area contributed by atoms with E-state index >= 15 is 0 Å². The van der Waals surface area contributed by atoms with Crippen LogP contribution in [0.1, 0.15) is 21.5 Å². The van der Waals surface area contributed by atoms with E-state index in [2.05, 4.69) is 0 Å². The van der Waals surface area contributed by atoms with Crippen molar-refractivity contribution in [2.24, 2.45) is 0 Å². The van der Waals surface area contributed by atoms with Crippen LogP contribution >= 0.6 is 0 Å². The number of rotatable bonds is 4. The van der Waals surface area contributed by atoms with E-state index in [-0.39, 0.29) is 12.5 Å². The number of carbonyl (C=O) groups is 1. The van der Waals surface area contributed by atoms with Crippen LogP contribution in [0.4, 0.5) is 5.69 Å². The van der Waals surface area contributed by atoms with Gasteiger partial charge < -0.3 is 10.6 Å². The van der Waals surface area contributed by atoms with Crippen molar-refractivity contribution < 1.29 is 4.79 Å². The van der Waals surface area contributed by atoms with Crippen LogP contribution in [0.25, 0.3) is 0 Å². The van der Waals surface area contributed by atoms with Crippen molar-refractivity contribution in [3.8, 4) is 6.07 Å². The van der Waals surface area contributed by atoms with Crippen LogP contribution < -0.4 is 5.73 Å². The average molecular weight is 279 g/mol. The highest BCUT2D eigenvalue weighted by Gasteiger charge is 2.16. The third-order valence-electron chi connectivity index (χ3n) is 3.29. The number of nitrogen functional groups attached to an aromatic ring is 1. The average Bonchev–Trinajstić information content (AvgIpc) is 2.50. The van der Waals surface area contributed by atoms with Gasteiger partial charge in [-0.05, 0) is 30.2 Å². The Bertz CT molecular complexity index is 674. The van der Waals surface area contributed by atoms with Crippen LogP contribution in [0.5, 0.6) is 0 Å². The maximum atomic E-state index is 12.5. The fourth-order valence-electron chi connectivity index (χ4n) is 2.04. The number of nitriles is 1. The summed E-state index contributed by atoms with van der Waals surface area (Å²) >= 11 is 0. The summed E-state index contributed by atoms with van der Waals surface area (Å²) in [7, 11) is 0. The Morgan fingerprint density at radius 2 is 1.95 bits per heavy atom. The maximum absolute atomic E-state index is 12.5. The summed E-state index contributed by atoms with van der Waals surface area (Å²) in [4.78, 5) is 14.0. The van der Waals surface area contributed by atoms with Crippen LogP contribution in [0.3, 0.4) is 0 Å². The second kappa shape index (κ2) is 6.58. The molecule has 4 heteroatoms. The van der Waals surface area contributed by atoms with Crippen molar-refractivity contribution in [1.29, 1.82) is 5.26 Å². The molecule has 0 spiro atoms. The fraction of sp³-hybridized carbons (Fsp3) is 0.176. The van der Waals surface area contributed by atoms with Gasteiger partial charge >= 0.3 is 0 Å². The molecular weight excluding hydrogens is 262 g/mol. The number of benzene rings is 2. The molecule has 0 heterocycles. The normalized spacial score (nSPS) is 9.90. The molecule has 0 aliphatic heterocycles. The summed E-state index contributed by atoms with van der Waals surface area (Å²) in [5.74, 6) is -0.188. The highest BCUT2D eigenvalue weighted by Crippen LogP contribution is 2.16. The van der Waals surface area contributed by atoms with Crippen molar-refractivity contribution >= 4 is 11.6 Å². The number of carbonyl (C=O) groups excluding carboxylic acids is 1. The van der Waals surface area contributed by atoms with Gasteiger partial charge in [-0.3, -0.25) is 4.79 Å². The smallest absolute Gasteiger partial charge is 0.255 e. The Kier molecular flexibility index (Phi) is 4.57. The van der Waals surface area contributed by atoms with Gasteiger partial charge in [0, 0.05) is 17.8 Å². The highest BCUT2D eigenvalue weighted by atomic mass is 16.2. The van der Waals surface area contributed by atoms with E-state index in [1.165, 1.54) is 4.90 Å². The Hall–Kier alpha value is -2.80. The molecule has 0 aromatic heterocycles. The van der Waals surface area contributed by atoms with Gasteiger partial charge in [-0.25, -0.2) is 0 Å². The van der Waals surface area contributed by atoms with Gasteiger partial charge in [0.1, 0.15) is 6.54 Å². The van der Waals surface area contributed by atoms with Crippen molar-refractivity contribution in [3.63, 3.8) is 0 Å². The molecule has 0 aliphatic rings. The predicted molar refractivity (Wildman–Crippen MR) is 82.4 cm³/mol. The van der Waals surface area contributed by atoms with Gasteiger partial charge in [-0.2, -0.15) is 5.26 Å². The molecule has 0 unspecified atom stereocenters. The largest absolute Gasteiger partial charge is 0.398 e. The molecule has 0 saturated heterocycles. The van der Waals surface area contributed by atoms with Gasteiger partial charge in [-0.1, -0.05) is 36.4 Å². The molecule has 0 aliphatic carbocycles. The van der Waals surface area contributed by atoms with Crippen LogP contribution in [-0.2, 0) is 6.54 Å². The van der Waals surface area contributed by atoms with Crippen molar-refractivity contribution in [2.75, 3.05) is 12.3 Å². The number of aryl methyl sites for hydroxylation is 1. The van der Waals surface area contributed by atoms with E-state index in [1.807, 2.05) is 49.4 Å².